The van der Waals surface area contributed by atoms with Gasteiger partial charge in [-0.2, -0.15) is 11.0 Å². The molecule has 0 radical (unpaired) electrons. The maximum absolute atomic E-state index is 13.4. The zero-order valence-electron chi connectivity index (χ0n) is 20.6. The Morgan fingerprint density at radius 2 is 1.89 bits per heavy atom. The maximum Gasteiger partial charge on any atom is 0.303 e. The number of aromatic nitrogens is 3. The number of aliphatic carboxylic acids is 1. The summed E-state index contributed by atoms with van der Waals surface area (Å²) in [5, 5.41) is 20.9. The zero-order valence-corrected chi connectivity index (χ0v) is 20.6. The first-order valence-electron chi connectivity index (χ1n) is 11.7. The highest BCUT2D eigenvalue weighted by atomic mass is 16.7. The number of hydroxylamine groups is 1. The molecule has 0 bridgehead atoms. The van der Waals surface area contributed by atoms with E-state index in [1.165, 1.54) is 0 Å². The molecular formula is C26H27N7O5. The number of rotatable bonds is 11. The fourth-order valence-electron chi connectivity index (χ4n) is 3.73. The van der Waals surface area contributed by atoms with Crippen LogP contribution in [-0.2, 0) is 28.1 Å². The number of carboxylic acids is 1. The second-order valence-electron chi connectivity index (χ2n) is 8.29. The quantitative estimate of drug-likeness (QED) is 0.101. The van der Waals surface area contributed by atoms with Gasteiger partial charge in [-0.25, -0.2) is 9.97 Å². The van der Waals surface area contributed by atoms with Crippen LogP contribution in [0.4, 0.5) is 11.5 Å². The number of nitrogens with two attached hydrogens (primary N) is 1. The van der Waals surface area contributed by atoms with Crippen molar-refractivity contribution in [3.05, 3.63) is 83.8 Å². The normalized spacial score (nSPS) is 10.8. The Balaban J connectivity index is 1.51. The summed E-state index contributed by atoms with van der Waals surface area (Å²) in [6.07, 6.45) is 1.71. The summed E-state index contributed by atoms with van der Waals surface area (Å²) in [5.74, 6) is 4.57. The summed E-state index contributed by atoms with van der Waals surface area (Å²) >= 11 is 0. The molecule has 0 fully saturated rings. The Hall–Kier alpha value is -4.81. The van der Waals surface area contributed by atoms with Crippen LogP contribution in [0.1, 0.15) is 34.6 Å². The van der Waals surface area contributed by atoms with Crippen molar-refractivity contribution in [2.45, 2.75) is 19.4 Å². The van der Waals surface area contributed by atoms with Crippen molar-refractivity contribution in [1.29, 1.82) is 5.41 Å². The third-order valence-corrected chi connectivity index (χ3v) is 5.73. The van der Waals surface area contributed by atoms with Gasteiger partial charge in [-0.15, -0.1) is 0 Å². The van der Waals surface area contributed by atoms with Gasteiger partial charge in [-0.05, 0) is 61.0 Å². The van der Waals surface area contributed by atoms with Gasteiger partial charge < -0.3 is 19.8 Å². The standard InChI is InChI=1S/C26H27N7O5/c1-32-21-12-9-18(26(36)33(22-5-2-3-13-29-22)37-14-4-6-24(34)35)15-20(21)31-23(32)16-30-19-10-7-17(8-11-19)25(27)38-28/h2-3,5,7-13,15,27,30H,4,6,14,16,28H2,1H3,(H,34,35). The molecular weight excluding hydrogens is 490 g/mol. The lowest BCUT2D eigenvalue weighted by molar-refractivity contribution is -0.137. The minimum absolute atomic E-state index is 0.0393. The highest BCUT2D eigenvalue weighted by Gasteiger charge is 2.21. The first-order chi connectivity index (χ1) is 18.4. The predicted molar refractivity (Wildman–Crippen MR) is 140 cm³/mol. The van der Waals surface area contributed by atoms with Crippen molar-refractivity contribution in [1.82, 2.24) is 14.5 Å². The molecule has 0 spiro atoms. The molecule has 1 amide bonds. The molecule has 0 atom stereocenters. The van der Waals surface area contributed by atoms with Crippen molar-refractivity contribution in [3.8, 4) is 0 Å². The zero-order chi connectivity index (χ0) is 27.1. The third-order valence-electron chi connectivity index (χ3n) is 5.73. The number of anilines is 2. The van der Waals surface area contributed by atoms with Crippen LogP contribution in [0.25, 0.3) is 11.0 Å². The number of carbonyl (C=O) groups excluding carboxylic acids is 1. The van der Waals surface area contributed by atoms with E-state index >= 15 is 0 Å². The van der Waals surface area contributed by atoms with E-state index in [0.29, 0.717) is 23.2 Å². The number of hydrogen-bond acceptors (Lipinski definition) is 9. The van der Waals surface area contributed by atoms with Gasteiger partial charge in [-0.1, -0.05) is 6.07 Å². The van der Waals surface area contributed by atoms with Crippen LogP contribution in [-0.4, -0.2) is 44.0 Å². The minimum atomic E-state index is -0.936. The Kier molecular flexibility index (Phi) is 8.26. The number of amides is 1. The maximum atomic E-state index is 13.4. The summed E-state index contributed by atoms with van der Waals surface area (Å²) in [4.78, 5) is 43.2. The summed E-state index contributed by atoms with van der Waals surface area (Å²) in [5.41, 5.74) is 3.20. The molecule has 196 valence electrons. The van der Waals surface area contributed by atoms with Crippen molar-refractivity contribution >= 4 is 40.3 Å². The van der Waals surface area contributed by atoms with E-state index in [9.17, 15) is 9.59 Å². The largest absolute Gasteiger partial charge is 0.481 e. The van der Waals surface area contributed by atoms with Crippen LogP contribution in [0.15, 0.2) is 66.9 Å². The van der Waals surface area contributed by atoms with Gasteiger partial charge in [0.05, 0.1) is 24.2 Å². The fraction of sp³-hybridized carbons (Fsp3) is 0.192. The molecule has 0 aliphatic carbocycles. The lowest BCUT2D eigenvalue weighted by Gasteiger charge is -2.20. The number of imidazole rings is 1. The van der Waals surface area contributed by atoms with Crippen molar-refractivity contribution in [2.75, 3.05) is 17.0 Å². The molecule has 0 aliphatic rings. The molecule has 4 rings (SSSR count). The number of pyridine rings is 1. The molecule has 0 unspecified atom stereocenters. The monoisotopic (exact) mass is 517 g/mol. The molecule has 0 aliphatic heterocycles. The van der Waals surface area contributed by atoms with E-state index in [1.54, 1.807) is 48.7 Å². The van der Waals surface area contributed by atoms with E-state index in [4.69, 9.17) is 26.2 Å². The number of carbonyl (C=O) groups is 2. The average Bonchev–Trinajstić information content (AvgIpc) is 3.26. The lowest BCUT2D eigenvalue weighted by atomic mass is 10.2. The molecule has 4 aromatic rings. The molecule has 0 saturated heterocycles. The molecule has 2 aromatic heterocycles. The second kappa shape index (κ2) is 12.0. The predicted octanol–water partition coefficient (Wildman–Crippen LogP) is 3.24. The highest BCUT2D eigenvalue weighted by molar-refractivity contribution is 6.05. The van der Waals surface area contributed by atoms with E-state index in [-0.39, 0.29) is 31.2 Å². The lowest BCUT2D eigenvalue weighted by Crippen LogP contribution is -2.32. The molecule has 38 heavy (non-hydrogen) atoms. The van der Waals surface area contributed by atoms with Crippen molar-refractivity contribution in [2.24, 2.45) is 12.9 Å². The number of carboxylic acid groups (broad SMARTS) is 1. The second-order valence-corrected chi connectivity index (χ2v) is 8.29. The molecule has 0 saturated carbocycles. The topological polar surface area (TPSA) is 169 Å². The van der Waals surface area contributed by atoms with Crippen molar-refractivity contribution in [3.63, 3.8) is 0 Å². The van der Waals surface area contributed by atoms with Crippen LogP contribution in [0.3, 0.4) is 0 Å². The molecule has 12 heteroatoms. The van der Waals surface area contributed by atoms with Crippen LogP contribution in [0, 0.1) is 5.41 Å². The van der Waals surface area contributed by atoms with Gasteiger partial charge in [0.25, 0.3) is 5.91 Å². The van der Waals surface area contributed by atoms with Crippen LogP contribution >= 0.6 is 0 Å². The summed E-state index contributed by atoms with van der Waals surface area (Å²) in [6, 6.07) is 17.3. The summed E-state index contributed by atoms with van der Waals surface area (Å²) < 4.78 is 1.93. The number of fused-ring (bicyclic) bond motifs is 1. The van der Waals surface area contributed by atoms with E-state index < -0.39 is 11.9 Å². The van der Waals surface area contributed by atoms with Crippen LogP contribution in [0.5, 0.6) is 0 Å². The molecule has 2 heterocycles. The molecule has 12 nitrogen and oxygen atoms in total. The van der Waals surface area contributed by atoms with E-state index in [2.05, 4.69) is 15.1 Å². The number of aryl methyl sites for hydroxylation is 1. The molecule has 5 N–H and O–H groups in total. The van der Waals surface area contributed by atoms with Gasteiger partial charge in [0.2, 0.25) is 5.90 Å². The number of nitrogens with zero attached hydrogens (tertiary/aromatic N) is 4. The summed E-state index contributed by atoms with van der Waals surface area (Å²) in [7, 11) is 1.89. The number of benzene rings is 2. The first kappa shape index (κ1) is 26.3. The van der Waals surface area contributed by atoms with Gasteiger partial charge >= 0.3 is 5.97 Å². The van der Waals surface area contributed by atoms with Gasteiger partial charge in [-0.3, -0.25) is 19.8 Å². The Morgan fingerprint density at radius 3 is 2.58 bits per heavy atom. The average molecular weight is 518 g/mol. The fourth-order valence-corrected chi connectivity index (χ4v) is 3.73. The third kappa shape index (κ3) is 6.11. The SMILES string of the molecule is Cn1c(CNc2ccc(C(=N)ON)cc2)nc2cc(C(=O)N(OCCCC(=O)O)c3ccccn3)ccc21. The highest BCUT2D eigenvalue weighted by Crippen LogP contribution is 2.21. The van der Waals surface area contributed by atoms with Crippen LogP contribution in [0.2, 0.25) is 0 Å². The van der Waals surface area contributed by atoms with E-state index in [1.807, 2.05) is 29.8 Å². The van der Waals surface area contributed by atoms with Crippen LogP contribution < -0.4 is 16.3 Å². The first-order valence-corrected chi connectivity index (χ1v) is 11.7. The smallest absolute Gasteiger partial charge is 0.303 e. The number of nitrogens with one attached hydrogen (secondary N) is 2. The van der Waals surface area contributed by atoms with Gasteiger partial charge in [0.15, 0.2) is 5.82 Å². The number of hydrogen-bond donors (Lipinski definition) is 4. The summed E-state index contributed by atoms with van der Waals surface area (Å²) in [6.45, 7) is 0.461. The van der Waals surface area contributed by atoms with E-state index in [0.717, 1.165) is 22.1 Å². The van der Waals surface area contributed by atoms with Gasteiger partial charge in [0.1, 0.15) is 5.82 Å². The minimum Gasteiger partial charge on any atom is -0.481 e. The Labute approximate surface area is 218 Å². The molecule has 2 aromatic carbocycles. The van der Waals surface area contributed by atoms with Gasteiger partial charge in [0, 0.05) is 36.5 Å². The van der Waals surface area contributed by atoms with Crippen molar-refractivity contribution < 1.29 is 24.4 Å². The Morgan fingerprint density at radius 1 is 1.13 bits per heavy atom. The Bertz CT molecular complexity index is 1440.